The van der Waals surface area contributed by atoms with Gasteiger partial charge in [-0.2, -0.15) is 0 Å². The highest BCUT2D eigenvalue weighted by Gasteiger charge is 1.60. The van der Waals surface area contributed by atoms with Crippen LogP contribution in [0.3, 0.4) is 0 Å². The van der Waals surface area contributed by atoms with E-state index in [9.17, 15) is 0 Å². The largest absolute Gasteiger partial charge is 0.0840 e. The Labute approximate surface area is 41.4 Å². The van der Waals surface area contributed by atoms with Crippen molar-refractivity contribution in [1.82, 2.24) is 0 Å². The first-order valence-electron chi connectivity index (χ1n) is 2.15. The van der Waals surface area contributed by atoms with Crippen molar-refractivity contribution in [3.63, 3.8) is 0 Å². The highest BCUT2D eigenvalue weighted by atomic mass is 31.1. The standard InChI is InChI=1S/C5H10P/c1-3-4-5-6-2/h4-5H,3H2,1-2H3. The molecule has 0 atom stereocenters. The normalized spacial score (nSPS) is 12.3. The summed E-state index contributed by atoms with van der Waals surface area (Å²) in [6.07, 6.45) is 3.34. The predicted octanol–water partition coefficient (Wildman–Crippen LogP) is 2.49. The van der Waals surface area contributed by atoms with Gasteiger partial charge in [-0.15, -0.1) is 0 Å². The Bertz CT molecular complexity index is 33.2. The molecule has 0 aliphatic carbocycles. The predicted molar refractivity (Wildman–Crippen MR) is 32.3 cm³/mol. The lowest BCUT2D eigenvalue weighted by Crippen LogP contribution is -1.44. The maximum absolute atomic E-state index is 2.17. The molecule has 1 radical (unpaired) electrons. The Morgan fingerprint density at radius 1 is 1.67 bits per heavy atom. The van der Waals surface area contributed by atoms with E-state index in [-0.39, 0.29) is 0 Å². The van der Waals surface area contributed by atoms with Gasteiger partial charge in [0.05, 0.1) is 0 Å². The van der Waals surface area contributed by atoms with Crippen LogP contribution in [0.2, 0.25) is 0 Å². The van der Waals surface area contributed by atoms with Gasteiger partial charge in [0.1, 0.15) is 0 Å². The second-order valence-electron chi connectivity index (χ2n) is 1.05. The summed E-state index contributed by atoms with van der Waals surface area (Å²) in [4.78, 5) is 0. The van der Waals surface area contributed by atoms with E-state index in [1.54, 1.807) is 0 Å². The van der Waals surface area contributed by atoms with Crippen LogP contribution < -0.4 is 0 Å². The number of hydrogen-bond donors (Lipinski definition) is 0. The van der Waals surface area contributed by atoms with E-state index in [0.29, 0.717) is 0 Å². The molecule has 0 fully saturated rings. The van der Waals surface area contributed by atoms with Crippen LogP contribution in [-0.2, 0) is 0 Å². The third kappa shape index (κ3) is 4.17. The van der Waals surface area contributed by atoms with Crippen molar-refractivity contribution in [2.24, 2.45) is 0 Å². The molecule has 0 N–H and O–H groups in total. The van der Waals surface area contributed by atoms with Crippen molar-refractivity contribution in [3.05, 3.63) is 11.9 Å². The van der Waals surface area contributed by atoms with Crippen LogP contribution >= 0.6 is 8.58 Å². The van der Waals surface area contributed by atoms with E-state index < -0.39 is 0 Å². The van der Waals surface area contributed by atoms with Crippen LogP contribution in [0.4, 0.5) is 0 Å². The highest BCUT2D eigenvalue weighted by molar-refractivity contribution is 7.40. The Balaban J connectivity index is 2.73. The number of rotatable bonds is 2. The summed E-state index contributed by atoms with van der Waals surface area (Å²) < 4.78 is 0. The first kappa shape index (κ1) is 6.17. The fourth-order valence-corrected chi connectivity index (χ4v) is 0.632. The van der Waals surface area contributed by atoms with Crippen molar-refractivity contribution in [2.75, 3.05) is 6.66 Å². The number of allylic oxidation sites excluding steroid dienone is 1. The second kappa shape index (κ2) is 5.17. The zero-order valence-corrected chi connectivity index (χ0v) is 5.20. The third-order valence-electron chi connectivity index (χ3n) is 0.490. The molecule has 0 bridgehead atoms. The zero-order chi connectivity index (χ0) is 4.83. The van der Waals surface area contributed by atoms with E-state index in [2.05, 4.69) is 25.5 Å². The van der Waals surface area contributed by atoms with Crippen molar-refractivity contribution in [3.8, 4) is 0 Å². The molecule has 0 saturated heterocycles. The van der Waals surface area contributed by atoms with Gasteiger partial charge >= 0.3 is 0 Å². The van der Waals surface area contributed by atoms with Gasteiger partial charge in [-0.25, -0.2) is 0 Å². The Kier molecular flexibility index (Phi) is 5.32. The molecule has 0 unspecified atom stereocenters. The summed E-state index contributed by atoms with van der Waals surface area (Å²) in [5.41, 5.74) is 0. The summed E-state index contributed by atoms with van der Waals surface area (Å²) in [6, 6.07) is 0. The summed E-state index contributed by atoms with van der Waals surface area (Å²) in [5, 5.41) is 0. The smallest absolute Gasteiger partial charge is 0.0368 e. The summed E-state index contributed by atoms with van der Waals surface area (Å²) in [7, 11) is 1.36. The first-order valence-corrected chi connectivity index (χ1v) is 3.56. The molecule has 1 heteroatoms. The lowest BCUT2D eigenvalue weighted by Gasteiger charge is -1.71. The molecule has 0 aromatic rings. The van der Waals surface area contributed by atoms with Gasteiger partial charge in [0.2, 0.25) is 0 Å². The van der Waals surface area contributed by atoms with E-state index in [1.807, 2.05) is 0 Å². The molecule has 0 aliphatic rings. The molecule has 0 aliphatic heterocycles. The average Bonchev–Trinajstić information content (AvgIpc) is 1.61. The fraction of sp³-hybridized carbons (Fsp3) is 0.600. The van der Waals surface area contributed by atoms with E-state index in [1.165, 1.54) is 15.0 Å². The minimum absolute atomic E-state index is 1.17. The van der Waals surface area contributed by atoms with Crippen LogP contribution in [0.1, 0.15) is 13.3 Å². The molecule has 35 valence electrons. The summed E-state index contributed by atoms with van der Waals surface area (Å²) >= 11 is 0. The fourth-order valence-electron chi connectivity index (χ4n) is 0.211. The lowest BCUT2D eigenvalue weighted by molar-refractivity contribution is 1.23. The molecule has 0 spiro atoms. The molecule has 0 rings (SSSR count). The quantitative estimate of drug-likeness (QED) is 0.469. The van der Waals surface area contributed by atoms with Crippen LogP contribution in [0.25, 0.3) is 0 Å². The first-order chi connectivity index (χ1) is 2.91. The molecule has 0 saturated carbocycles. The molecule has 0 amide bonds. The van der Waals surface area contributed by atoms with E-state index in [4.69, 9.17) is 0 Å². The lowest BCUT2D eigenvalue weighted by atomic mass is 10.5. The van der Waals surface area contributed by atoms with Gasteiger partial charge in [-0.3, -0.25) is 0 Å². The van der Waals surface area contributed by atoms with Crippen molar-refractivity contribution in [2.45, 2.75) is 13.3 Å². The average molecular weight is 101 g/mol. The summed E-state index contributed by atoms with van der Waals surface area (Å²) in [6.45, 7) is 4.26. The number of hydrogen-bond acceptors (Lipinski definition) is 0. The van der Waals surface area contributed by atoms with Crippen LogP contribution in [0.5, 0.6) is 0 Å². The van der Waals surface area contributed by atoms with Crippen LogP contribution in [-0.4, -0.2) is 6.66 Å². The summed E-state index contributed by atoms with van der Waals surface area (Å²) in [5.74, 6) is 2.15. The molecule has 0 heterocycles. The Morgan fingerprint density at radius 3 is 2.50 bits per heavy atom. The zero-order valence-electron chi connectivity index (χ0n) is 4.31. The maximum Gasteiger partial charge on any atom is -0.0368 e. The Hall–Kier alpha value is 0.170. The van der Waals surface area contributed by atoms with Crippen molar-refractivity contribution >= 4 is 8.58 Å². The van der Waals surface area contributed by atoms with E-state index in [0.717, 1.165) is 0 Å². The molecular weight excluding hydrogens is 91.0 g/mol. The van der Waals surface area contributed by atoms with Crippen LogP contribution in [0.15, 0.2) is 11.9 Å². The molecule has 0 aromatic carbocycles. The third-order valence-corrected chi connectivity index (χ3v) is 0.999. The van der Waals surface area contributed by atoms with Crippen LogP contribution in [0, 0.1) is 0 Å². The van der Waals surface area contributed by atoms with Crippen molar-refractivity contribution in [1.29, 1.82) is 0 Å². The monoisotopic (exact) mass is 101 g/mol. The Morgan fingerprint density at radius 2 is 2.33 bits per heavy atom. The maximum atomic E-state index is 2.17. The minimum atomic E-state index is 1.17. The molecule has 0 nitrogen and oxygen atoms in total. The van der Waals surface area contributed by atoms with Gasteiger partial charge in [0.15, 0.2) is 0 Å². The van der Waals surface area contributed by atoms with Gasteiger partial charge < -0.3 is 0 Å². The van der Waals surface area contributed by atoms with Crippen molar-refractivity contribution < 1.29 is 0 Å². The molecular formula is C5H10P. The van der Waals surface area contributed by atoms with Gasteiger partial charge in [-0.05, 0) is 13.1 Å². The van der Waals surface area contributed by atoms with Gasteiger partial charge in [0.25, 0.3) is 0 Å². The van der Waals surface area contributed by atoms with E-state index >= 15 is 0 Å². The molecule has 6 heavy (non-hydrogen) atoms. The molecule has 0 aromatic heterocycles. The topological polar surface area (TPSA) is 0 Å². The minimum Gasteiger partial charge on any atom is -0.0840 e. The van der Waals surface area contributed by atoms with Gasteiger partial charge in [-0.1, -0.05) is 27.4 Å². The second-order valence-corrected chi connectivity index (χ2v) is 1.87. The SMILES string of the molecule is CCC=C[P]C. The van der Waals surface area contributed by atoms with Gasteiger partial charge in [0, 0.05) is 0 Å². The highest BCUT2D eigenvalue weighted by Crippen LogP contribution is 2.02.